The summed E-state index contributed by atoms with van der Waals surface area (Å²) in [5, 5.41) is 16.8. The highest BCUT2D eigenvalue weighted by Crippen LogP contribution is 2.14. The summed E-state index contributed by atoms with van der Waals surface area (Å²) in [6.07, 6.45) is 0.384. The van der Waals surface area contributed by atoms with Crippen LogP contribution in [0.1, 0.15) is 34.1 Å². The molecule has 0 aliphatic heterocycles. The summed E-state index contributed by atoms with van der Waals surface area (Å²) in [5.74, 6) is -1.55. The number of amides is 3. The number of carbonyl (C=O) groups is 3. The maximum atomic E-state index is 12.4. The Kier molecular flexibility index (Phi) is 7.41. The highest BCUT2D eigenvalue weighted by Gasteiger charge is 2.32. The van der Waals surface area contributed by atoms with Gasteiger partial charge in [0.05, 0.1) is 0 Å². The van der Waals surface area contributed by atoms with Crippen LogP contribution in [0.25, 0.3) is 0 Å². The number of anilines is 1. The fourth-order valence-corrected chi connectivity index (χ4v) is 2.27. The molecule has 1 atom stereocenters. The fourth-order valence-electron chi connectivity index (χ4n) is 2.01. The Hall–Kier alpha value is -2.09. The van der Waals surface area contributed by atoms with Gasteiger partial charge >= 0.3 is 12.0 Å². The lowest BCUT2D eigenvalue weighted by molar-refractivity contribution is -0.146. The third kappa shape index (κ3) is 7.13. The van der Waals surface area contributed by atoms with Crippen molar-refractivity contribution in [2.75, 3.05) is 5.32 Å². The van der Waals surface area contributed by atoms with Crippen molar-refractivity contribution in [1.29, 1.82) is 0 Å². The summed E-state index contributed by atoms with van der Waals surface area (Å²) in [5.41, 5.74) is -0.842. The monoisotopic (exact) mass is 413 g/mol. The van der Waals surface area contributed by atoms with Crippen molar-refractivity contribution in [3.63, 3.8) is 0 Å². The van der Waals surface area contributed by atoms with Crippen LogP contribution < -0.4 is 16.0 Å². The Morgan fingerprint density at radius 1 is 1.16 bits per heavy atom. The SMILES string of the molecule is CC(C)C[C@@H](NC(=O)Nc1ccc(Br)cc1)C(=O)NC(C)(C)C(=O)O. The molecule has 138 valence electrons. The van der Waals surface area contributed by atoms with Crippen LogP contribution in [0.2, 0.25) is 0 Å². The van der Waals surface area contributed by atoms with Crippen molar-refractivity contribution in [3.8, 4) is 0 Å². The van der Waals surface area contributed by atoms with Crippen LogP contribution >= 0.6 is 15.9 Å². The van der Waals surface area contributed by atoms with Crippen molar-refractivity contribution in [2.24, 2.45) is 5.92 Å². The number of hydrogen-bond acceptors (Lipinski definition) is 3. The Bertz CT molecular complexity index is 629. The number of carboxylic acids is 1. The molecule has 4 N–H and O–H groups in total. The van der Waals surface area contributed by atoms with Crippen LogP contribution in [0.5, 0.6) is 0 Å². The van der Waals surface area contributed by atoms with Crippen LogP contribution in [0, 0.1) is 5.92 Å². The highest BCUT2D eigenvalue weighted by atomic mass is 79.9. The second-order valence-electron chi connectivity index (χ2n) is 6.71. The smallest absolute Gasteiger partial charge is 0.328 e. The number of carboxylic acid groups (broad SMARTS) is 1. The van der Waals surface area contributed by atoms with E-state index >= 15 is 0 Å². The van der Waals surface area contributed by atoms with Crippen molar-refractivity contribution >= 4 is 39.5 Å². The summed E-state index contributed by atoms with van der Waals surface area (Å²) in [6.45, 7) is 6.61. The van der Waals surface area contributed by atoms with Gasteiger partial charge in [-0.2, -0.15) is 0 Å². The molecule has 0 unspecified atom stereocenters. The Morgan fingerprint density at radius 3 is 2.20 bits per heavy atom. The number of halogens is 1. The van der Waals surface area contributed by atoms with Gasteiger partial charge in [0.2, 0.25) is 5.91 Å². The van der Waals surface area contributed by atoms with E-state index < -0.39 is 29.5 Å². The van der Waals surface area contributed by atoms with Gasteiger partial charge in [-0.05, 0) is 50.5 Å². The molecule has 0 saturated carbocycles. The van der Waals surface area contributed by atoms with Gasteiger partial charge in [-0.1, -0.05) is 29.8 Å². The third-order valence-electron chi connectivity index (χ3n) is 3.40. The van der Waals surface area contributed by atoms with E-state index in [1.165, 1.54) is 13.8 Å². The minimum absolute atomic E-state index is 0.136. The van der Waals surface area contributed by atoms with Crippen molar-refractivity contribution in [3.05, 3.63) is 28.7 Å². The van der Waals surface area contributed by atoms with Crippen LogP contribution in [-0.4, -0.2) is 34.6 Å². The summed E-state index contributed by atoms with van der Waals surface area (Å²) in [7, 11) is 0. The van der Waals surface area contributed by atoms with Gasteiger partial charge in [-0.25, -0.2) is 9.59 Å². The van der Waals surface area contributed by atoms with Gasteiger partial charge in [0.25, 0.3) is 0 Å². The van der Waals surface area contributed by atoms with Crippen molar-refractivity contribution in [1.82, 2.24) is 10.6 Å². The topological polar surface area (TPSA) is 108 Å². The van der Waals surface area contributed by atoms with Crippen LogP contribution in [0.3, 0.4) is 0 Å². The minimum atomic E-state index is -1.42. The summed E-state index contributed by atoms with van der Waals surface area (Å²) in [6, 6.07) is 5.63. The molecule has 8 heteroatoms. The molecule has 0 saturated heterocycles. The molecule has 0 bridgehead atoms. The molecule has 0 aliphatic carbocycles. The largest absolute Gasteiger partial charge is 0.480 e. The first-order valence-corrected chi connectivity index (χ1v) is 8.69. The first-order valence-electron chi connectivity index (χ1n) is 7.89. The Balaban J connectivity index is 2.77. The second kappa shape index (κ2) is 8.84. The number of rotatable bonds is 7. The quantitative estimate of drug-likeness (QED) is 0.550. The van der Waals surface area contributed by atoms with Gasteiger partial charge in [0.15, 0.2) is 0 Å². The number of aliphatic carboxylic acids is 1. The first-order chi connectivity index (χ1) is 11.5. The fraction of sp³-hybridized carbons (Fsp3) is 0.471. The number of nitrogens with one attached hydrogen (secondary N) is 3. The van der Waals surface area contributed by atoms with Gasteiger partial charge in [-0.3, -0.25) is 4.79 Å². The summed E-state index contributed by atoms with van der Waals surface area (Å²) in [4.78, 5) is 35.7. The van der Waals surface area contributed by atoms with Gasteiger partial charge in [0, 0.05) is 10.2 Å². The number of urea groups is 1. The molecule has 3 amide bonds. The predicted molar refractivity (Wildman–Crippen MR) is 99.4 cm³/mol. The molecule has 1 aromatic rings. The molecule has 0 aromatic heterocycles. The zero-order valence-electron chi connectivity index (χ0n) is 14.7. The number of hydrogen-bond donors (Lipinski definition) is 4. The molecule has 1 aromatic carbocycles. The van der Waals surface area contributed by atoms with Crippen LogP contribution in [0.15, 0.2) is 28.7 Å². The average Bonchev–Trinajstić information content (AvgIpc) is 2.47. The first kappa shape index (κ1) is 21.0. The normalized spacial score (nSPS) is 12.4. The lowest BCUT2D eigenvalue weighted by Crippen LogP contribution is -2.57. The van der Waals surface area contributed by atoms with Crippen molar-refractivity contribution in [2.45, 2.75) is 45.7 Å². The number of benzene rings is 1. The maximum absolute atomic E-state index is 12.4. The molecule has 1 rings (SSSR count). The molecule has 0 fully saturated rings. The van der Waals surface area contributed by atoms with E-state index in [2.05, 4.69) is 31.9 Å². The Labute approximate surface area is 155 Å². The average molecular weight is 414 g/mol. The maximum Gasteiger partial charge on any atom is 0.328 e. The van der Waals surface area contributed by atoms with Crippen LogP contribution in [0.4, 0.5) is 10.5 Å². The zero-order chi connectivity index (χ0) is 19.2. The van der Waals surface area contributed by atoms with Crippen LogP contribution in [-0.2, 0) is 9.59 Å². The van der Waals surface area contributed by atoms with E-state index in [1.807, 2.05) is 13.8 Å². The molecule has 25 heavy (non-hydrogen) atoms. The summed E-state index contributed by atoms with van der Waals surface area (Å²) < 4.78 is 0.881. The lowest BCUT2D eigenvalue weighted by atomic mass is 10.0. The van der Waals surface area contributed by atoms with E-state index in [0.717, 1.165) is 4.47 Å². The van der Waals surface area contributed by atoms with E-state index in [0.29, 0.717) is 12.1 Å². The molecular weight excluding hydrogens is 390 g/mol. The highest BCUT2D eigenvalue weighted by molar-refractivity contribution is 9.10. The Morgan fingerprint density at radius 2 is 1.72 bits per heavy atom. The van der Waals surface area contributed by atoms with E-state index in [9.17, 15) is 14.4 Å². The minimum Gasteiger partial charge on any atom is -0.480 e. The summed E-state index contributed by atoms with van der Waals surface area (Å²) >= 11 is 3.31. The molecule has 0 spiro atoms. The third-order valence-corrected chi connectivity index (χ3v) is 3.93. The lowest BCUT2D eigenvalue weighted by Gasteiger charge is -2.26. The van der Waals surface area contributed by atoms with Gasteiger partial charge < -0.3 is 21.1 Å². The standard InChI is InChI=1S/C17H24BrN3O4/c1-10(2)9-13(14(22)21-17(3,4)15(23)24)20-16(25)19-12-7-5-11(18)6-8-12/h5-8,10,13H,9H2,1-4H3,(H,21,22)(H,23,24)(H2,19,20,25)/t13-/m1/s1. The van der Waals surface area contributed by atoms with Gasteiger partial charge in [-0.15, -0.1) is 0 Å². The predicted octanol–water partition coefficient (Wildman–Crippen LogP) is 2.96. The van der Waals surface area contributed by atoms with E-state index in [1.54, 1.807) is 24.3 Å². The van der Waals surface area contributed by atoms with E-state index in [4.69, 9.17) is 5.11 Å². The molecule has 0 radical (unpaired) electrons. The zero-order valence-corrected chi connectivity index (χ0v) is 16.3. The molecule has 0 aliphatic rings. The molecule has 7 nitrogen and oxygen atoms in total. The van der Waals surface area contributed by atoms with E-state index in [-0.39, 0.29) is 5.92 Å². The second-order valence-corrected chi connectivity index (χ2v) is 7.62. The molecular formula is C17H24BrN3O4. The molecule has 0 heterocycles. The van der Waals surface area contributed by atoms with Gasteiger partial charge in [0.1, 0.15) is 11.6 Å². The number of carbonyl (C=O) groups excluding carboxylic acids is 2. The van der Waals surface area contributed by atoms with Crippen molar-refractivity contribution < 1.29 is 19.5 Å².